The highest BCUT2D eigenvalue weighted by Gasteiger charge is 2.72. The number of fused-ring (bicyclic) bond motifs is 1. The molecule has 35 heavy (non-hydrogen) atoms. The van der Waals surface area contributed by atoms with Gasteiger partial charge >= 0.3 is 0 Å². The lowest BCUT2D eigenvalue weighted by atomic mass is 9.74. The Labute approximate surface area is 206 Å². The fourth-order valence-electron chi connectivity index (χ4n) is 6.28. The van der Waals surface area contributed by atoms with E-state index in [1.165, 1.54) is 6.42 Å². The number of rotatable bonds is 8. The van der Waals surface area contributed by atoms with Gasteiger partial charge in [-0.25, -0.2) is 0 Å². The third-order valence-corrected chi connectivity index (χ3v) is 7.94. The van der Waals surface area contributed by atoms with Crippen LogP contribution in [0, 0.1) is 18.8 Å². The van der Waals surface area contributed by atoms with E-state index in [4.69, 9.17) is 9.47 Å². The average molecular weight is 482 g/mol. The standard InChI is InChI=1S/C27H35N3O5/c1-17-9-11-19(12-10-17)28-24(31)21-20-13-14-27(35-20)22(21)26(33)30(15-6-16-34-2)23(27)25(32)29-18-7-4-3-5-8-18/h9-14,18,20-23H,3-8,15-16H2,1-2H3,(H,28,31)(H,29,32)/t20-,21+,22-,23-,27+/m1/s1. The molecule has 3 amide bonds. The van der Waals surface area contributed by atoms with Crippen molar-refractivity contribution in [3.05, 3.63) is 42.0 Å². The van der Waals surface area contributed by atoms with Crippen molar-refractivity contribution in [3.8, 4) is 0 Å². The summed E-state index contributed by atoms with van der Waals surface area (Å²) in [7, 11) is 1.62. The van der Waals surface area contributed by atoms with Crippen LogP contribution in [0.2, 0.25) is 0 Å². The van der Waals surface area contributed by atoms with Gasteiger partial charge in [0.1, 0.15) is 11.6 Å². The van der Waals surface area contributed by atoms with Gasteiger partial charge in [0.2, 0.25) is 17.7 Å². The SMILES string of the molecule is COCCCN1C(=O)[C@H]2[C@@H](C(=O)Nc3ccc(C)cc3)[C@H]3C=C[C@@]2(O3)[C@H]1C(=O)NC1CCCCC1. The molecule has 3 aliphatic heterocycles. The van der Waals surface area contributed by atoms with Crippen LogP contribution in [0.25, 0.3) is 0 Å². The zero-order valence-electron chi connectivity index (χ0n) is 20.5. The van der Waals surface area contributed by atoms with Crippen LogP contribution in [0.3, 0.4) is 0 Å². The lowest BCUT2D eigenvalue weighted by molar-refractivity contribution is -0.141. The molecule has 0 aromatic heterocycles. The van der Waals surface area contributed by atoms with Crippen LogP contribution >= 0.6 is 0 Å². The quantitative estimate of drug-likeness (QED) is 0.439. The highest BCUT2D eigenvalue weighted by atomic mass is 16.5. The Hall–Kier alpha value is -2.71. The normalized spacial score (nSPS) is 31.6. The second kappa shape index (κ2) is 9.74. The van der Waals surface area contributed by atoms with Gasteiger partial charge in [0.15, 0.2) is 0 Å². The van der Waals surface area contributed by atoms with Crippen molar-refractivity contribution < 1.29 is 23.9 Å². The molecule has 8 heteroatoms. The third-order valence-electron chi connectivity index (χ3n) is 7.94. The Balaban J connectivity index is 1.41. The number of amides is 3. The minimum atomic E-state index is -1.12. The summed E-state index contributed by atoms with van der Waals surface area (Å²) >= 11 is 0. The Morgan fingerprint density at radius 2 is 1.89 bits per heavy atom. The molecular weight excluding hydrogens is 446 g/mol. The lowest BCUT2D eigenvalue weighted by Gasteiger charge is -2.34. The molecule has 1 spiro atoms. The highest BCUT2D eigenvalue weighted by molar-refractivity contribution is 6.02. The number of benzene rings is 1. The summed E-state index contributed by atoms with van der Waals surface area (Å²) in [6.07, 6.45) is 9.07. The number of likely N-dealkylation sites (tertiary alicyclic amines) is 1. The summed E-state index contributed by atoms with van der Waals surface area (Å²) in [4.78, 5) is 42.5. The van der Waals surface area contributed by atoms with Crippen LogP contribution in [-0.4, -0.2) is 66.7 Å². The predicted octanol–water partition coefficient (Wildman–Crippen LogP) is 2.57. The Bertz CT molecular complexity index is 1000. The molecule has 3 heterocycles. The zero-order valence-corrected chi connectivity index (χ0v) is 20.5. The van der Waals surface area contributed by atoms with E-state index in [0.29, 0.717) is 25.3 Å². The smallest absolute Gasteiger partial charge is 0.246 e. The Kier molecular flexibility index (Phi) is 6.68. The zero-order chi connectivity index (χ0) is 24.6. The lowest BCUT2D eigenvalue weighted by Crippen LogP contribution is -2.56. The van der Waals surface area contributed by atoms with E-state index in [2.05, 4.69) is 10.6 Å². The molecule has 2 bridgehead atoms. The maximum atomic E-state index is 13.8. The molecule has 1 aromatic rings. The first-order chi connectivity index (χ1) is 16.9. The Morgan fingerprint density at radius 1 is 1.14 bits per heavy atom. The summed E-state index contributed by atoms with van der Waals surface area (Å²) in [5.41, 5.74) is 0.649. The molecule has 3 fully saturated rings. The van der Waals surface area contributed by atoms with Crippen molar-refractivity contribution in [2.24, 2.45) is 11.8 Å². The van der Waals surface area contributed by atoms with Crippen molar-refractivity contribution in [3.63, 3.8) is 0 Å². The molecule has 1 saturated carbocycles. The van der Waals surface area contributed by atoms with Crippen molar-refractivity contribution in [2.45, 2.75) is 69.2 Å². The number of hydrogen-bond acceptors (Lipinski definition) is 5. The molecule has 0 unspecified atom stereocenters. The fraction of sp³-hybridized carbons (Fsp3) is 0.593. The van der Waals surface area contributed by atoms with Gasteiger partial charge < -0.3 is 25.0 Å². The van der Waals surface area contributed by atoms with Crippen LogP contribution in [0.5, 0.6) is 0 Å². The molecule has 1 aromatic carbocycles. The van der Waals surface area contributed by atoms with E-state index in [9.17, 15) is 14.4 Å². The molecule has 0 radical (unpaired) electrons. The van der Waals surface area contributed by atoms with Crippen molar-refractivity contribution >= 4 is 23.4 Å². The predicted molar refractivity (Wildman–Crippen MR) is 131 cm³/mol. The summed E-state index contributed by atoms with van der Waals surface area (Å²) < 4.78 is 11.6. The van der Waals surface area contributed by atoms with E-state index >= 15 is 0 Å². The molecule has 4 aliphatic rings. The van der Waals surface area contributed by atoms with Crippen LogP contribution in [0.15, 0.2) is 36.4 Å². The second-order valence-corrected chi connectivity index (χ2v) is 10.3. The maximum absolute atomic E-state index is 13.8. The molecular formula is C27H35N3O5. The summed E-state index contributed by atoms with van der Waals surface area (Å²) in [6, 6.07) is 6.88. The van der Waals surface area contributed by atoms with Crippen LogP contribution < -0.4 is 10.6 Å². The molecule has 5 rings (SSSR count). The van der Waals surface area contributed by atoms with Gasteiger partial charge in [-0.3, -0.25) is 14.4 Å². The number of anilines is 1. The second-order valence-electron chi connectivity index (χ2n) is 10.3. The van der Waals surface area contributed by atoms with Gasteiger partial charge in [-0.1, -0.05) is 49.1 Å². The number of nitrogens with one attached hydrogen (secondary N) is 2. The third kappa shape index (κ3) is 4.27. The van der Waals surface area contributed by atoms with E-state index in [1.807, 2.05) is 43.3 Å². The number of carbonyl (C=O) groups is 3. The van der Waals surface area contributed by atoms with Gasteiger partial charge in [0, 0.05) is 32.0 Å². The number of nitrogens with zero attached hydrogens (tertiary/aromatic N) is 1. The van der Waals surface area contributed by atoms with Crippen LogP contribution in [-0.2, 0) is 23.9 Å². The van der Waals surface area contributed by atoms with Gasteiger partial charge in [0.05, 0.1) is 17.9 Å². The number of carbonyl (C=O) groups excluding carboxylic acids is 3. The van der Waals surface area contributed by atoms with Gasteiger partial charge in [-0.2, -0.15) is 0 Å². The first-order valence-corrected chi connectivity index (χ1v) is 12.8. The van der Waals surface area contributed by atoms with Crippen molar-refractivity contribution in [2.75, 3.05) is 25.6 Å². The average Bonchev–Trinajstić information content (AvgIpc) is 3.49. The molecule has 2 saturated heterocycles. The molecule has 1 aliphatic carbocycles. The van der Waals surface area contributed by atoms with Gasteiger partial charge in [0.25, 0.3) is 0 Å². The first-order valence-electron chi connectivity index (χ1n) is 12.8. The number of aryl methyl sites for hydroxylation is 1. The topological polar surface area (TPSA) is 97.0 Å². The fourth-order valence-corrected chi connectivity index (χ4v) is 6.28. The van der Waals surface area contributed by atoms with E-state index in [1.54, 1.807) is 12.0 Å². The summed E-state index contributed by atoms with van der Waals surface area (Å²) in [5.74, 6) is -2.05. The van der Waals surface area contributed by atoms with E-state index in [-0.39, 0.29) is 23.8 Å². The van der Waals surface area contributed by atoms with Crippen molar-refractivity contribution in [1.29, 1.82) is 0 Å². The molecule has 5 atom stereocenters. The molecule has 2 N–H and O–H groups in total. The molecule has 188 valence electrons. The summed E-state index contributed by atoms with van der Waals surface area (Å²) in [5, 5.41) is 6.16. The molecule has 8 nitrogen and oxygen atoms in total. The first kappa shape index (κ1) is 24.0. The van der Waals surface area contributed by atoms with E-state index < -0.39 is 29.6 Å². The largest absolute Gasteiger partial charge is 0.385 e. The monoisotopic (exact) mass is 481 g/mol. The summed E-state index contributed by atoms with van der Waals surface area (Å²) in [6.45, 7) is 2.84. The number of methoxy groups -OCH3 is 1. The number of ether oxygens (including phenoxy) is 2. The van der Waals surface area contributed by atoms with Gasteiger partial charge in [-0.15, -0.1) is 0 Å². The maximum Gasteiger partial charge on any atom is 0.246 e. The Morgan fingerprint density at radius 3 is 2.60 bits per heavy atom. The minimum absolute atomic E-state index is 0.117. The van der Waals surface area contributed by atoms with Crippen molar-refractivity contribution in [1.82, 2.24) is 10.2 Å². The number of hydrogen-bond donors (Lipinski definition) is 2. The highest BCUT2D eigenvalue weighted by Crippen LogP contribution is 2.55. The minimum Gasteiger partial charge on any atom is -0.385 e. The van der Waals surface area contributed by atoms with Gasteiger partial charge in [-0.05, 0) is 38.3 Å². The van der Waals surface area contributed by atoms with E-state index in [0.717, 1.165) is 31.2 Å². The van der Waals surface area contributed by atoms with Crippen LogP contribution in [0.4, 0.5) is 5.69 Å². The van der Waals surface area contributed by atoms with Crippen LogP contribution in [0.1, 0.15) is 44.1 Å².